The normalized spacial score (nSPS) is 25.6. The van der Waals surface area contributed by atoms with Gasteiger partial charge in [-0.25, -0.2) is 0 Å². The Morgan fingerprint density at radius 2 is 1.61 bits per heavy atom. The third-order valence-corrected chi connectivity index (χ3v) is 8.18. The standard InChI is InChI=1S/C21H30OP/c1-16-9-8-10-17(2)20(16)15-18-11-6-7-14-21(18)23(22)19-12-4-3-5-13-19/h8-10,15,19,21H,3-7,11-14H2,1-2H3/q+1. The molecule has 1 aromatic carbocycles. The van der Waals surface area contributed by atoms with E-state index in [-0.39, 0.29) is 0 Å². The smallest absolute Gasteiger partial charge is 0.0738 e. The van der Waals surface area contributed by atoms with Crippen LogP contribution in [-0.4, -0.2) is 11.3 Å². The van der Waals surface area contributed by atoms with E-state index in [1.807, 2.05) is 0 Å². The third kappa shape index (κ3) is 3.94. The molecule has 0 N–H and O–H groups in total. The maximum Gasteiger partial charge on any atom is 0.349 e. The topological polar surface area (TPSA) is 17.1 Å². The van der Waals surface area contributed by atoms with Crippen LogP contribution in [0.25, 0.3) is 6.08 Å². The molecule has 0 heterocycles. The number of benzene rings is 1. The molecule has 2 aliphatic rings. The van der Waals surface area contributed by atoms with E-state index in [1.54, 1.807) is 0 Å². The molecule has 23 heavy (non-hydrogen) atoms. The van der Waals surface area contributed by atoms with E-state index in [2.05, 4.69) is 38.1 Å². The third-order valence-electron chi connectivity index (χ3n) is 5.73. The van der Waals surface area contributed by atoms with Crippen molar-refractivity contribution in [1.29, 1.82) is 0 Å². The van der Waals surface area contributed by atoms with Crippen LogP contribution in [0.15, 0.2) is 23.8 Å². The molecule has 0 spiro atoms. The largest absolute Gasteiger partial charge is 0.349 e. The molecule has 0 amide bonds. The van der Waals surface area contributed by atoms with E-state index in [9.17, 15) is 4.57 Å². The van der Waals surface area contributed by atoms with Crippen LogP contribution in [0.3, 0.4) is 0 Å². The number of hydrogen-bond acceptors (Lipinski definition) is 1. The highest BCUT2D eigenvalue weighted by Crippen LogP contribution is 2.49. The highest BCUT2D eigenvalue weighted by atomic mass is 31.1. The van der Waals surface area contributed by atoms with Crippen molar-refractivity contribution in [2.24, 2.45) is 0 Å². The zero-order chi connectivity index (χ0) is 16.2. The van der Waals surface area contributed by atoms with E-state index in [0.29, 0.717) is 11.3 Å². The van der Waals surface area contributed by atoms with Crippen LogP contribution in [0.1, 0.15) is 74.5 Å². The molecule has 0 bridgehead atoms. The summed E-state index contributed by atoms with van der Waals surface area (Å²) in [5, 5.41) is 0. The average molecular weight is 329 g/mol. The van der Waals surface area contributed by atoms with Crippen molar-refractivity contribution < 1.29 is 4.57 Å². The maximum atomic E-state index is 13.2. The fourth-order valence-electron chi connectivity index (χ4n) is 4.31. The van der Waals surface area contributed by atoms with Gasteiger partial charge in [0.15, 0.2) is 11.3 Å². The molecule has 2 unspecified atom stereocenters. The quantitative estimate of drug-likeness (QED) is 0.558. The van der Waals surface area contributed by atoms with Crippen LogP contribution in [0, 0.1) is 13.8 Å². The van der Waals surface area contributed by atoms with Crippen LogP contribution in [0.4, 0.5) is 0 Å². The monoisotopic (exact) mass is 329 g/mol. The first-order valence-corrected chi connectivity index (χ1v) is 10.8. The van der Waals surface area contributed by atoms with Gasteiger partial charge >= 0.3 is 7.80 Å². The Morgan fingerprint density at radius 1 is 0.957 bits per heavy atom. The summed E-state index contributed by atoms with van der Waals surface area (Å²) in [5.74, 6) is 0. The molecule has 2 atom stereocenters. The maximum absolute atomic E-state index is 13.2. The number of rotatable bonds is 3. The van der Waals surface area contributed by atoms with Gasteiger partial charge in [-0.3, -0.25) is 0 Å². The fourth-order valence-corrected chi connectivity index (χ4v) is 6.66. The second-order valence-electron chi connectivity index (χ2n) is 7.44. The van der Waals surface area contributed by atoms with Crippen LogP contribution >= 0.6 is 7.80 Å². The minimum absolute atomic E-state index is 0.348. The van der Waals surface area contributed by atoms with Crippen molar-refractivity contribution in [3.63, 3.8) is 0 Å². The molecule has 1 aromatic rings. The Balaban J connectivity index is 1.86. The van der Waals surface area contributed by atoms with Gasteiger partial charge in [0.2, 0.25) is 0 Å². The minimum Gasteiger partial charge on any atom is -0.0738 e. The van der Waals surface area contributed by atoms with Crippen molar-refractivity contribution in [2.45, 2.75) is 83.0 Å². The second-order valence-corrected chi connectivity index (χ2v) is 9.51. The molecule has 2 heteroatoms. The van der Waals surface area contributed by atoms with Crippen molar-refractivity contribution in [1.82, 2.24) is 0 Å². The molecular formula is C21H30OP+. The highest BCUT2D eigenvalue weighted by molar-refractivity contribution is 7.46. The number of aryl methyl sites for hydroxylation is 2. The van der Waals surface area contributed by atoms with Crippen molar-refractivity contribution in [3.05, 3.63) is 40.5 Å². The fraction of sp³-hybridized carbons (Fsp3) is 0.619. The van der Waals surface area contributed by atoms with Crippen molar-refractivity contribution in [3.8, 4) is 0 Å². The van der Waals surface area contributed by atoms with Crippen molar-refractivity contribution in [2.75, 3.05) is 0 Å². The molecular weight excluding hydrogens is 299 g/mol. The zero-order valence-electron chi connectivity index (χ0n) is 14.7. The zero-order valence-corrected chi connectivity index (χ0v) is 15.6. The minimum atomic E-state index is -1.09. The van der Waals surface area contributed by atoms with E-state index < -0.39 is 7.80 Å². The van der Waals surface area contributed by atoms with Gasteiger partial charge in [-0.15, -0.1) is 0 Å². The van der Waals surface area contributed by atoms with Crippen LogP contribution in [0.5, 0.6) is 0 Å². The first kappa shape index (κ1) is 16.9. The summed E-state index contributed by atoms with van der Waals surface area (Å²) in [7, 11) is -1.09. The number of hydrogen-bond donors (Lipinski definition) is 0. The second kappa shape index (κ2) is 7.75. The van der Waals surface area contributed by atoms with Gasteiger partial charge in [0.1, 0.15) is 0 Å². The summed E-state index contributed by atoms with van der Waals surface area (Å²) in [5.41, 5.74) is 6.36. The van der Waals surface area contributed by atoms with E-state index >= 15 is 0 Å². The van der Waals surface area contributed by atoms with E-state index in [1.165, 1.54) is 67.2 Å². The lowest BCUT2D eigenvalue weighted by Gasteiger charge is -2.22. The summed E-state index contributed by atoms with van der Waals surface area (Å²) in [6, 6.07) is 6.52. The first-order chi connectivity index (χ1) is 11.2. The lowest BCUT2D eigenvalue weighted by molar-refractivity contribution is 0.481. The molecule has 2 fully saturated rings. The lowest BCUT2D eigenvalue weighted by Crippen LogP contribution is -2.19. The Labute approximate surface area is 142 Å². The Kier molecular flexibility index (Phi) is 5.70. The van der Waals surface area contributed by atoms with Crippen LogP contribution < -0.4 is 0 Å². The summed E-state index contributed by atoms with van der Waals surface area (Å²) in [6.07, 6.45) is 13.5. The van der Waals surface area contributed by atoms with Gasteiger partial charge in [0.05, 0.1) is 0 Å². The van der Waals surface area contributed by atoms with Gasteiger partial charge in [-0.05, 0) is 87.5 Å². The molecule has 2 saturated carbocycles. The molecule has 0 aromatic heterocycles. The summed E-state index contributed by atoms with van der Waals surface area (Å²) < 4.78 is 13.2. The van der Waals surface area contributed by atoms with Gasteiger partial charge in [0.25, 0.3) is 0 Å². The summed E-state index contributed by atoms with van der Waals surface area (Å²) >= 11 is 0. The molecule has 0 aliphatic heterocycles. The summed E-state index contributed by atoms with van der Waals surface area (Å²) in [4.78, 5) is 0. The van der Waals surface area contributed by atoms with Gasteiger partial charge in [-0.1, -0.05) is 35.3 Å². The lowest BCUT2D eigenvalue weighted by atomic mass is 9.91. The SMILES string of the molecule is Cc1cccc(C)c1C=C1CCCCC1[P+](=O)C1CCCCC1. The Hall–Kier alpha value is -0.940. The van der Waals surface area contributed by atoms with Gasteiger partial charge < -0.3 is 0 Å². The number of allylic oxidation sites excluding steroid dienone is 1. The molecule has 2 aliphatic carbocycles. The molecule has 0 saturated heterocycles. The molecule has 1 nitrogen and oxygen atoms in total. The van der Waals surface area contributed by atoms with Crippen LogP contribution in [0.2, 0.25) is 0 Å². The van der Waals surface area contributed by atoms with E-state index in [4.69, 9.17) is 0 Å². The predicted molar refractivity (Wildman–Crippen MR) is 101 cm³/mol. The Morgan fingerprint density at radius 3 is 2.30 bits per heavy atom. The van der Waals surface area contributed by atoms with Gasteiger partial charge in [-0.2, -0.15) is 0 Å². The molecule has 0 radical (unpaired) electrons. The van der Waals surface area contributed by atoms with Crippen molar-refractivity contribution >= 4 is 13.9 Å². The molecule has 3 rings (SSSR count). The first-order valence-electron chi connectivity index (χ1n) is 9.39. The predicted octanol–water partition coefficient (Wildman–Crippen LogP) is 6.79. The highest BCUT2D eigenvalue weighted by Gasteiger charge is 2.42. The van der Waals surface area contributed by atoms with Gasteiger partial charge in [0, 0.05) is 0 Å². The molecule has 124 valence electrons. The average Bonchev–Trinajstić information content (AvgIpc) is 2.59. The Bertz CT molecular complexity index is 576. The van der Waals surface area contributed by atoms with E-state index in [0.717, 1.165) is 12.8 Å². The summed E-state index contributed by atoms with van der Waals surface area (Å²) in [6.45, 7) is 4.39. The van der Waals surface area contributed by atoms with Crippen LogP contribution in [-0.2, 0) is 4.57 Å².